The molecule has 1 N–H and O–H groups in total. The molecule has 2 nitrogen and oxygen atoms in total. The van der Waals surface area contributed by atoms with Gasteiger partial charge < -0.3 is 5.32 Å². The summed E-state index contributed by atoms with van der Waals surface area (Å²) in [6, 6.07) is 22.2. The van der Waals surface area contributed by atoms with E-state index in [1.807, 2.05) is 60.7 Å². The van der Waals surface area contributed by atoms with E-state index in [2.05, 4.69) is 34.0 Å². The fourth-order valence-corrected chi connectivity index (χ4v) is 2.75. The maximum atomic E-state index is 12.3. The van der Waals surface area contributed by atoms with E-state index < -0.39 is 0 Å². The van der Waals surface area contributed by atoms with Crippen molar-refractivity contribution in [1.82, 2.24) is 0 Å². The lowest BCUT2D eigenvalue weighted by molar-refractivity contribution is 0.0986. The van der Waals surface area contributed by atoms with E-state index in [4.69, 9.17) is 0 Å². The largest absolute Gasteiger partial charge is 0.385 e. The maximum absolute atomic E-state index is 12.3. The van der Waals surface area contributed by atoms with Crippen molar-refractivity contribution in [3.8, 4) is 0 Å². The molecular formula is C19H16INO. The number of hydrogen-bond acceptors (Lipinski definition) is 2. The van der Waals surface area contributed by atoms with E-state index in [0.29, 0.717) is 13.0 Å². The van der Waals surface area contributed by atoms with Crippen molar-refractivity contribution in [3.63, 3.8) is 0 Å². The van der Waals surface area contributed by atoms with E-state index in [1.54, 1.807) is 0 Å². The molecule has 0 spiro atoms. The molecule has 0 amide bonds. The normalized spacial score (nSPS) is 10.6. The average Bonchev–Trinajstić information content (AvgIpc) is 2.56. The van der Waals surface area contributed by atoms with E-state index in [9.17, 15) is 4.79 Å². The second-order valence-electron chi connectivity index (χ2n) is 5.17. The first-order valence-corrected chi connectivity index (χ1v) is 8.32. The van der Waals surface area contributed by atoms with Crippen LogP contribution >= 0.6 is 22.6 Å². The van der Waals surface area contributed by atoms with Crippen molar-refractivity contribution >= 4 is 44.8 Å². The van der Waals surface area contributed by atoms with Crippen LogP contribution in [0.25, 0.3) is 10.8 Å². The Morgan fingerprint density at radius 2 is 1.64 bits per heavy atom. The molecule has 0 unspecified atom stereocenters. The third kappa shape index (κ3) is 3.65. The van der Waals surface area contributed by atoms with Crippen molar-refractivity contribution in [2.24, 2.45) is 0 Å². The van der Waals surface area contributed by atoms with Crippen LogP contribution in [0.5, 0.6) is 0 Å². The van der Waals surface area contributed by atoms with Crippen LogP contribution in [0, 0.1) is 3.57 Å². The van der Waals surface area contributed by atoms with Gasteiger partial charge in [0.1, 0.15) is 0 Å². The average molecular weight is 401 g/mol. The Labute approximate surface area is 143 Å². The molecule has 0 bridgehead atoms. The van der Waals surface area contributed by atoms with E-state index in [1.165, 1.54) is 3.57 Å². The van der Waals surface area contributed by atoms with Gasteiger partial charge in [-0.1, -0.05) is 36.4 Å². The number of Topliss-reactive ketones (excluding diaryl/α,β-unsaturated/α-hetero) is 1. The fraction of sp³-hybridized carbons (Fsp3) is 0.105. The molecule has 0 aromatic heterocycles. The van der Waals surface area contributed by atoms with Crippen molar-refractivity contribution in [2.45, 2.75) is 6.42 Å². The summed E-state index contributed by atoms with van der Waals surface area (Å²) in [5.74, 6) is 0.170. The number of anilines is 1. The predicted molar refractivity (Wildman–Crippen MR) is 101 cm³/mol. The molecule has 0 fully saturated rings. The first kappa shape index (κ1) is 15.0. The highest BCUT2D eigenvalue weighted by atomic mass is 127. The second kappa shape index (κ2) is 6.92. The van der Waals surface area contributed by atoms with Crippen LogP contribution in [-0.2, 0) is 0 Å². The summed E-state index contributed by atoms with van der Waals surface area (Å²) >= 11 is 2.28. The summed E-state index contributed by atoms with van der Waals surface area (Å²) < 4.78 is 1.20. The predicted octanol–water partition coefficient (Wildman–Crippen LogP) is 5.13. The maximum Gasteiger partial charge on any atom is 0.164 e. The van der Waals surface area contributed by atoms with Gasteiger partial charge in [-0.2, -0.15) is 0 Å². The van der Waals surface area contributed by atoms with Gasteiger partial charge in [-0.25, -0.2) is 0 Å². The van der Waals surface area contributed by atoms with Gasteiger partial charge >= 0.3 is 0 Å². The summed E-state index contributed by atoms with van der Waals surface area (Å²) in [6.45, 7) is 0.645. The molecule has 3 aromatic rings. The van der Waals surface area contributed by atoms with Gasteiger partial charge in [0.05, 0.1) is 0 Å². The summed E-state index contributed by atoms with van der Waals surface area (Å²) in [7, 11) is 0. The topological polar surface area (TPSA) is 29.1 Å². The molecular weight excluding hydrogens is 385 g/mol. The summed E-state index contributed by atoms with van der Waals surface area (Å²) in [6.07, 6.45) is 0.490. The number of carbonyl (C=O) groups excluding carboxylic acids is 1. The molecule has 3 aromatic carbocycles. The Balaban J connectivity index is 1.62. The summed E-state index contributed by atoms with van der Waals surface area (Å²) in [4.78, 5) is 12.3. The highest BCUT2D eigenvalue weighted by Gasteiger charge is 2.06. The van der Waals surface area contributed by atoms with Gasteiger partial charge in [-0.3, -0.25) is 4.79 Å². The third-order valence-electron chi connectivity index (χ3n) is 3.60. The van der Waals surface area contributed by atoms with Crippen molar-refractivity contribution in [2.75, 3.05) is 11.9 Å². The quantitative estimate of drug-likeness (QED) is 0.475. The molecule has 0 aliphatic rings. The molecule has 110 valence electrons. The van der Waals surface area contributed by atoms with Crippen molar-refractivity contribution < 1.29 is 4.79 Å². The molecule has 0 radical (unpaired) electrons. The molecule has 3 rings (SSSR count). The highest BCUT2D eigenvalue weighted by molar-refractivity contribution is 14.1. The van der Waals surface area contributed by atoms with Crippen LogP contribution < -0.4 is 5.32 Å². The lowest BCUT2D eigenvalue weighted by atomic mass is 10.0. The van der Waals surface area contributed by atoms with E-state index in [0.717, 1.165) is 22.0 Å². The number of fused-ring (bicyclic) bond motifs is 1. The molecule has 0 heterocycles. The van der Waals surface area contributed by atoms with Crippen LogP contribution in [0.1, 0.15) is 16.8 Å². The fourth-order valence-electron chi connectivity index (χ4n) is 2.40. The minimum Gasteiger partial charge on any atom is -0.385 e. The monoisotopic (exact) mass is 401 g/mol. The Morgan fingerprint density at radius 3 is 2.41 bits per heavy atom. The number of nitrogens with one attached hydrogen (secondary N) is 1. The Morgan fingerprint density at radius 1 is 0.909 bits per heavy atom. The lowest BCUT2D eigenvalue weighted by Gasteiger charge is -2.07. The zero-order valence-electron chi connectivity index (χ0n) is 12.1. The lowest BCUT2D eigenvalue weighted by Crippen LogP contribution is -2.08. The van der Waals surface area contributed by atoms with Crippen LogP contribution in [0.3, 0.4) is 0 Å². The first-order valence-electron chi connectivity index (χ1n) is 7.24. The van der Waals surface area contributed by atoms with E-state index in [-0.39, 0.29) is 5.78 Å². The molecule has 0 atom stereocenters. The number of halogens is 1. The zero-order valence-corrected chi connectivity index (χ0v) is 14.2. The summed E-state index contributed by atoms with van der Waals surface area (Å²) in [5.41, 5.74) is 1.83. The zero-order chi connectivity index (χ0) is 15.4. The van der Waals surface area contributed by atoms with Crippen molar-refractivity contribution in [3.05, 3.63) is 75.9 Å². The molecule has 0 aliphatic heterocycles. The van der Waals surface area contributed by atoms with Crippen LogP contribution in [0.4, 0.5) is 5.69 Å². The highest BCUT2D eigenvalue weighted by Crippen LogP contribution is 2.17. The molecule has 3 heteroatoms. The Bertz CT molecular complexity index is 796. The minimum atomic E-state index is 0.170. The smallest absolute Gasteiger partial charge is 0.164 e. The number of hydrogen-bond donors (Lipinski definition) is 1. The van der Waals surface area contributed by atoms with Gasteiger partial charge in [0.2, 0.25) is 0 Å². The standard InChI is InChI=1S/C19H16INO/c20-17-7-9-18(10-8-17)21-12-11-19(22)16-6-5-14-3-1-2-4-15(14)13-16/h1-10,13,21H,11-12H2. The molecule has 0 saturated carbocycles. The third-order valence-corrected chi connectivity index (χ3v) is 4.32. The van der Waals surface area contributed by atoms with Crippen LogP contribution in [-0.4, -0.2) is 12.3 Å². The SMILES string of the molecule is O=C(CCNc1ccc(I)cc1)c1ccc2ccccc2c1. The van der Waals surface area contributed by atoms with Gasteiger partial charge in [-0.05, 0) is 63.7 Å². The van der Waals surface area contributed by atoms with E-state index >= 15 is 0 Å². The van der Waals surface area contributed by atoms with Crippen molar-refractivity contribution in [1.29, 1.82) is 0 Å². The molecule has 22 heavy (non-hydrogen) atoms. The number of ketones is 1. The van der Waals surface area contributed by atoms with Gasteiger partial charge in [-0.15, -0.1) is 0 Å². The number of rotatable bonds is 5. The second-order valence-corrected chi connectivity index (χ2v) is 6.41. The Kier molecular flexibility index (Phi) is 4.73. The Hall–Kier alpha value is -1.88. The number of carbonyl (C=O) groups is 1. The van der Waals surface area contributed by atoms with Gasteiger partial charge in [0.15, 0.2) is 5.78 Å². The number of benzene rings is 3. The van der Waals surface area contributed by atoms with Crippen LogP contribution in [0.2, 0.25) is 0 Å². The minimum absolute atomic E-state index is 0.170. The van der Waals surface area contributed by atoms with Crippen LogP contribution in [0.15, 0.2) is 66.7 Å². The van der Waals surface area contributed by atoms with Gasteiger partial charge in [0.25, 0.3) is 0 Å². The molecule has 0 saturated heterocycles. The van der Waals surface area contributed by atoms with Gasteiger partial charge in [0, 0.05) is 27.8 Å². The first-order chi connectivity index (χ1) is 10.7. The summed E-state index contributed by atoms with van der Waals surface area (Å²) in [5, 5.41) is 5.56. The molecule has 0 aliphatic carbocycles.